The van der Waals surface area contributed by atoms with Crippen LogP contribution in [-0.2, 0) is 11.3 Å². The molecular weight excluding hydrogens is 258 g/mol. The topological polar surface area (TPSA) is 77.2 Å². The molecule has 106 valence electrons. The van der Waals surface area contributed by atoms with Crippen LogP contribution in [0.1, 0.15) is 19.8 Å². The Balaban J connectivity index is 2.15. The van der Waals surface area contributed by atoms with Gasteiger partial charge in [-0.15, -0.1) is 0 Å². The van der Waals surface area contributed by atoms with Crippen molar-refractivity contribution in [2.24, 2.45) is 0 Å². The Bertz CT molecular complexity index is 634. The second kappa shape index (κ2) is 6.18. The van der Waals surface area contributed by atoms with E-state index in [1.807, 2.05) is 6.07 Å². The summed E-state index contributed by atoms with van der Waals surface area (Å²) in [6.45, 7) is 2.90. The summed E-state index contributed by atoms with van der Waals surface area (Å²) >= 11 is 0. The van der Waals surface area contributed by atoms with Crippen molar-refractivity contribution < 1.29 is 9.72 Å². The van der Waals surface area contributed by atoms with Crippen molar-refractivity contribution in [1.29, 1.82) is 0 Å². The van der Waals surface area contributed by atoms with Gasteiger partial charge in [-0.1, -0.05) is 13.3 Å². The summed E-state index contributed by atoms with van der Waals surface area (Å²) in [5.74, 6) is -0.0811. The molecule has 1 amide bonds. The van der Waals surface area contributed by atoms with Gasteiger partial charge in [0.1, 0.15) is 6.54 Å². The lowest BCUT2D eigenvalue weighted by Crippen LogP contribution is -2.28. The van der Waals surface area contributed by atoms with Gasteiger partial charge in [0.05, 0.1) is 10.4 Å². The van der Waals surface area contributed by atoms with Crippen molar-refractivity contribution >= 4 is 22.5 Å². The number of nitrogens with one attached hydrogen (secondary N) is 1. The second-order valence-electron chi connectivity index (χ2n) is 4.65. The first kappa shape index (κ1) is 14.0. The van der Waals surface area contributed by atoms with E-state index in [9.17, 15) is 14.9 Å². The van der Waals surface area contributed by atoms with E-state index in [4.69, 9.17) is 0 Å². The van der Waals surface area contributed by atoms with Crippen molar-refractivity contribution in [1.82, 2.24) is 9.88 Å². The Labute approximate surface area is 116 Å². The average Bonchev–Trinajstić information content (AvgIpc) is 2.81. The SMILES string of the molecule is CCCCNC(=O)Cn1ccc2ccc([N+](=O)[O-])cc21. The molecule has 1 heterocycles. The lowest BCUT2D eigenvalue weighted by atomic mass is 10.2. The summed E-state index contributed by atoms with van der Waals surface area (Å²) in [6.07, 6.45) is 3.75. The van der Waals surface area contributed by atoms with Crippen LogP contribution in [0.25, 0.3) is 10.9 Å². The number of nitrogens with zero attached hydrogens (tertiary/aromatic N) is 2. The zero-order valence-corrected chi connectivity index (χ0v) is 11.3. The van der Waals surface area contributed by atoms with Crippen molar-refractivity contribution in [2.45, 2.75) is 26.3 Å². The number of amides is 1. The molecule has 2 aromatic rings. The van der Waals surface area contributed by atoms with E-state index in [1.165, 1.54) is 12.1 Å². The first-order chi connectivity index (χ1) is 9.61. The number of non-ortho nitro benzene ring substituents is 1. The van der Waals surface area contributed by atoms with Crippen LogP contribution in [0.2, 0.25) is 0 Å². The molecule has 0 saturated heterocycles. The Morgan fingerprint density at radius 2 is 2.20 bits per heavy atom. The molecule has 0 fully saturated rings. The van der Waals surface area contributed by atoms with E-state index < -0.39 is 4.92 Å². The van der Waals surface area contributed by atoms with Crippen LogP contribution in [-0.4, -0.2) is 21.9 Å². The fourth-order valence-electron chi connectivity index (χ4n) is 2.04. The van der Waals surface area contributed by atoms with E-state index >= 15 is 0 Å². The van der Waals surface area contributed by atoms with Gasteiger partial charge in [0.15, 0.2) is 0 Å². The smallest absolute Gasteiger partial charge is 0.271 e. The van der Waals surface area contributed by atoms with E-state index in [0.717, 1.165) is 18.2 Å². The minimum Gasteiger partial charge on any atom is -0.355 e. The lowest BCUT2D eigenvalue weighted by Gasteiger charge is -2.06. The van der Waals surface area contributed by atoms with Crippen LogP contribution in [0.4, 0.5) is 5.69 Å². The van der Waals surface area contributed by atoms with Crippen molar-refractivity contribution in [3.63, 3.8) is 0 Å². The summed E-state index contributed by atoms with van der Waals surface area (Å²) in [5.41, 5.74) is 0.730. The maximum atomic E-state index is 11.8. The first-order valence-electron chi connectivity index (χ1n) is 6.62. The summed E-state index contributed by atoms with van der Waals surface area (Å²) in [5, 5.41) is 14.5. The molecule has 6 nitrogen and oxygen atoms in total. The van der Waals surface area contributed by atoms with Gasteiger partial charge in [-0.3, -0.25) is 14.9 Å². The molecule has 1 aromatic heterocycles. The molecule has 0 spiro atoms. The molecule has 2 rings (SSSR count). The van der Waals surface area contributed by atoms with E-state index in [1.54, 1.807) is 16.8 Å². The highest BCUT2D eigenvalue weighted by Gasteiger charge is 2.10. The van der Waals surface area contributed by atoms with Gasteiger partial charge in [-0.2, -0.15) is 0 Å². The Kier molecular flexibility index (Phi) is 4.34. The van der Waals surface area contributed by atoms with Crippen LogP contribution >= 0.6 is 0 Å². The van der Waals surface area contributed by atoms with Crippen LogP contribution in [0.3, 0.4) is 0 Å². The number of unbranched alkanes of at least 4 members (excludes halogenated alkanes) is 1. The van der Waals surface area contributed by atoms with Crippen molar-refractivity contribution in [2.75, 3.05) is 6.54 Å². The predicted octanol–water partition coefficient (Wildman–Crippen LogP) is 2.47. The van der Waals surface area contributed by atoms with E-state index in [2.05, 4.69) is 12.2 Å². The summed E-state index contributed by atoms with van der Waals surface area (Å²) < 4.78 is 1.73. The number of rotatable bonds is 6. The number of carbonyl (C=O) groups is 1. The van der Waals surface area contributed by atoms with Crippen LogP contribution in [0, 0.1) is 10.1 Å². The van der Waals surface area contributed by atoms with Gasteiger partial charge in [0.2, 0.25) is 5.91 Å². The Morgan fingerprint density at radius 1 is 1.40 bits per heavy atom. The first-order valence-corrected chi connectivity index (χ1v) is 6.62. The lowest BCUT2D eigenvalue weighted by molar-refractivity contribution is -0.384. The number of benzene rings is 1. The molecule has 1 aromatic carbocycles. The van der Waals surface area contributed by atoms with Gasteiger partial charge >= 0.3 is 0 Å². The number of nitro groups is 1. The Morgan fingerprint density at radius 3 is 2.90 bits per heavy atom. The molecule has 0 bridgehead atoms. The third-order valence-electron chi connectivity index (χ3n) is 3.13. The third-order valence-corrected chi connectivity index (χ3v) is 3.13. The second-order valence-corrected chi connectivity index (χ2v) is 4.65. The zero-order valence-electron chi connectivity index (χ0n) is 11.3. The predicted molar refractivity (Wildman–Crippen MR) is 76.5 cm³/mol. The third kappa shape index (κ3) is 3.14. The summed E-state index contributed by atoms with van der Waals surface area (Å²) in [7, 11) is 0. The minimum absolute atomic E-state index is 0.0313. The molecule has 0 radical (unpaired) electrons. The normalized spacial score (nSPS) is 10.7. The average molecular weight is 275 g/mol. The van der Waals surface area contributed by atoms with E-state index in [0.29, 0.717) is 12.1 Å². The van der Waals surface area contributed by atoms with E-state index in [-0.39, 0.29) is 18.1 Å². The largest absolute Gasteiger partial charge is 0.355 e. The highest BCUT2D eigenvalue weighted by atomic mass is 16.6. The Hall–Kier alpha value is -2.37. The monoisotopic (exact) mass is 275 g/mol. The van der Waals surface area contributed by atoms with Gasteiger partial charge < -0.3 is 9.88 Å². The van der Waals surface area contributed by atoms with Gasteiger partial charge in [-0.25, -0.2) is 0 Å². The quantitative estimate of drug-likeness (QED) is 0.500. The molecular formula is C14H17N3O3. The molecule has 6 heteroatoms. The molecule has 1 N–H and O–H groups in total. The van der Waals surface area contributed by atoms with Crippen molar-refractivity contribution in [3.05, 3.63) is 40.6 Å². The fraction of sp³-hybridized carbons (Fsp3) is 0.357. The van der Waals surface area contributed by atoms with Crippen LogP contribution < -0.4 is 5.32 Å². The van der Waals surface area contributed by atoms with Crippen molar-refractivity contribution in [3.8, 4) is 0 Å². The van der Waals surface area contributed by atoms with Gasteiger partial charge in [0.25, 0.3) is 5.69 Å². The molecule has 0 aliphatic rings. The number of carbonyl (C=O) groups excluding carboxylic acids is 1. The van der Waals surface area contributed by atoms with Gasteiger partial charge in [-0.05, 0) is 18.6 Å². The van der Waals surface area contributed by atoms with Gasteiger partial charge in [0, 0.05) is 30.3 Å². The minimum atomic E-state index is -0.432. The fourth-order valence-corrected chi connectivity index (χ4v) is 2.04. The number of hydrogen-bond donors (Lipinski definition) is 1. The molecule has 0 aliphatic heterocycles. The number of hydrogen-bond acceptors (Lipinski definition) is 3. The summed E-state index contributed by atoms with van der Waals surface area (Å²) in [4.78, 5) is 22.1. The molecule has 20 heavy (non-hydrogen) atoms. The molecule has 0 atom stereocenters. The standard InChI is InChI=1S/C14H17N3O3/c1-2-3-7-15-14(18)10-16-8-6-11-4-5-12(17(19)20)9-13(11)16/h4-6,8-9H,2-3,7,10H2,1H3,(H,15,18). The summed E-state index contributed by atoms with van der Waals surface area (Å²) in [6, 6.07) is 6.50. The molecule has 0 aliphatic carbocycles. The highest BCUT2D eigenvalue weighted by molar-refractivity contribution is 5.84. The number of nitro benzene ring substituents is 1. The molecule has 0 saturated carbocycles. The maximum absolute atomic E-state index is 11.8. The number of fused-ring (bicyclic) bond motifs is 1. The highest BCUT2D eigenvalue weighted by Crippen LogP contribution is 2.21. The van der Waals surface area contributed by atoms with Crippen LogP contribution in [0.15, 0.2) is 30.5 Å². The zero-order chi connectivity index (χ0) is 14.5. The molecule has 0 unspecified atom stereocenters. The van der Waals surface area contributed by atoms with Crippen LogP contribution in [0.5, 0.6) is 0 Å². The maximum Gasteiger partial charge on any atom is 0.271 e. The number of aromatic nitrogens is 1.